The van der Waals surface area contributed by atoms with Gasteiger partial charge in [-0.25, -0.2) is 0 Å². The first-order valence-electron chi connectivity index (χ1n) is 10.2. The van der Waals surface area contributed by atoms with E-state index in [0.29, 0.717) is 12.1 Å². The zero-order valence-electron chi connectivity index (χ0n) is 17.7. The quantitative estimate of drug-likeness (QED) is 0.341. The molecule has 1 aromatic heterocycles. The predicted octanol–water partition coefficient (Wildman–Crippen LogP) is 1.20. The van der Waals surface area contributed by atoms with Crippen LogP contribution in [0.1, 0.15) is 49.9 Å². The number of amidine groups is 1. The summed E-state index contributed by atoms with van der Waals surface area (Å²) in [6, 6.07) is 0.705. The third-order valence-corrected chi connectivity index (χ3v) is 5.24. The number of carboxylic acid groups (broad SMARTS) is 1. The first kappa shape index (κ1) is 24.3. The molecule has 0 aliphatic carbocycles. The molecule has 1 unspecified atom stereocenters. The summed E-state index contributed by atoms with van der Waals surface area (Å²) >= 11 is 1.37. The van der Waals surface area contributed by atoms with E-state index in [1.807, 2.05) is 13.8 Å². The SMILES string of the molecule is CC(C)CNC(=O)C(CCC(=O)O)NC(=O)CNC(=O)c1csc(NC2=NCCC2)c1. The van der Waals surface area contributed by atoms with Crippen LogP contribution in [0.25, 0.3) is 0 Å². The molecule has 0 radical (unpaired) electrons. The van der Waals surface area contributed by atoms with E-state index in [9.17, 15) is 19.2 Å². The molecule has 0 bridgehead atoms. The van der Waals surface area contributed by atoms with E-state index in [1.165, 1.54) is 11.3 Å². The van der Waals surface area contributed by atoms with Gasteiger partial charge in [-0.15, -0.1) is 11.3 Å². The van der Waals surface area contributed by atoms with Crippen LogP contribution in [0.5, 0.6) is 0 Å². The first-order valence-corrected chi connectivity index (χ1v) is 11.1. The minimum absolute atomic E-state index is 0.0393. The number of carbonyl (C=O) groups is 4. The van der Waals surface area contributed by atoms with Gasteiger partial charge in [0, 0.05) is 31.3 Å². The van der Waals surface area contributed by atoms with Gasteiger partial charge in [0.15, 0.2) is 0 Å². The number of anilines is 1. The van der Waals surface area contributed by atoms with Crippen molar-refractivity contribution in [2.24, 2.45) is 10.9 Å². The molecule has 31 heavy (non-hydrogen) atoms. The Bertz CT molecular complexity index is 836. The molecule has 5 N–H and O–H groups in total. The van der Waals surface area contributed by atoms with Crippen LogP contribution in [0.2, 0.25) is 0 Å². The standard InChI is InChI=1S/C20H29N5O5S/c1-12(2)9-22-20(30)14(5-6-18(27)28)24-16(26)10-23-19(29)13-8-17(31-11-13)25-15-4-3-7-21-15/h8,11-12,14H,3-7,9-10H2,1-2H3,(H,21,25)(H,22,30)(H,23,29)(H,24,26)(H,27,28). The average Bonchev–Trinajstić information content (AvgIpc) is 3.39. The topological polar surface area (TPSA) is 149 Å². The Morgan fingerprint density at radius 1 is 1.23 bits per heavy atom. The van der Waals surface area contributed by atoms with E-state index >= 15 is 0 Å². The fraction of sp³-hybridized carbons (Fsp3) is 0.550. The Hall–Kier alpha value is -2.95. The van der Waals surface area contributed by atoms with Gasteiger partial charge in [0.05, 0.1) is 17.1 Å². The highest BCUT2D eigenvalue weighted by molar-refractivity contribution is 7.14. The van der Waals surface area contributed by atoms with Crippen molar-refractivity contribution in [3.63, 3.8) is 0 Å². The van der Waals surface area contributed by atoms with Gasteiger partial charge in [-0.1, -0.05) is 13.8 Å². The lowest BCUT2D eigenvalue weighted by Gasteiger charge is -2.18. The van der Waals surface area contributed by atoms with Crippen LogP contribution in [-0.4, -0.2) is 60.3 Å². The minimum Gasteiger partial charge on any atom is -0.481 e. The van der Waals surface area contributed by atoms with Crippen LogP contribution in [0.3, 0.4) is 0 Å². The molecule has 0 aromatic carbocycles. The van der Waals surface area contributed by atoms with Gasteiger partial charge in [-0.05, 0) is 24.8 Å². The predicted molar refractivity (Wildman–Crippen MR) is 118 cm³/mol. The summed E-state index contributed by atoms with van der Waals surface area (Å²) in [4.78, 5) is 52.0. The molecule has 0 fully saturated rings. The van der Waals surface area contributed by atoms with E-state index in [0.717, 1.165) is 30.2 Å². The second-order valence-corrected chi connectivity index (χ2v) is 8.54. The van der Waals surface area contributed by atoms with Gasteiger partial charge in [-0.2, -0.15) is 0 Å². The molecule has 0 saturated carbocycles. The van der Waals surface area contributed by atoms with Crippen molar-refractivity contribution in [2.75, 3.05) is 25.0 Å². The molecule has 0 spiro atoms. The highest BCUT2D eigenvalue weighted by Gasteiger charge is 2.22. The Morgan fingerprint density at radius 2 is 2.00 bits per heavy atom. The number of carboxylic acids is 1. The van der Waals surface area contributed by atoms with Crippen molar-refractivity contribution < 1.29 is 24.3 Å². The number of thiophene rings is 1. The summed E-state index contributed by atoms with van der Waals surface area (Å²) in [7, 11) is 0. The highest BCUT2D eigenvalue weighted by Crippen LogP contribution is 2.21. The second-order valence-electron chi connectivity index (χ2n) is 7.63. The molecule has 10 nitrogen and oxygen atoms in total. The monoisotopic (exact) mass is 451 g/mol. The lowest BCUT2D eigenvalue weighted by molar-refractivity contribution is -0.137. The van der Waals surface area contributed by atoms with Crippen LogP contribution < -0.4 is 21.3 Å². The second kappa shape index (κ2) is 12.0. The molecular formula is C20H29N5O5S. The molecule has 2 rings (SSSR count). The molecule has 1 aliphatic rings. The molecule has 170 valence electrons. The zero-order chi connectivity index (χ0) is 22.8. The lowest BCUT2D eigenvalue weighted by Crippen LogP contribution is -2.50. The van der Waals surface area contributed by atoms with Gasteiger partial charge in [0.2, 0.25) is 11.8 Å². The molecule has 1 atom stereocenters. The lowest BCUT2D eigenvalue weighted by atomic mass is 10.1. The number of aliphatic carboxylic acids is 1. The van der Waals surface area contributed by atoms with Gasteiger partial charge in [0.25, 0.3) is 5.91 Å². The molecule has 1 aromatic rings. The van der Waals surface area contributed by atoms with E-state index in [1.54, 1.807) is 11.4 Å². The summed E-state index contributed by atoms with van der Waals surface area (Å²) in [6.07, 6.45) is 1.59. The number of amides is 3. The third kappa shape index (κ3) is 8.75. The Balaban J connectivity index is 1.84. The maximum Gasteiger partial charge on any atom is 0.303 e. The van der Waals surface area contributed by atoms with Crippen molar-refractivity contribution in [1.82, 2.24) is 16.0 Å². The van der Waals surface area contributed by atoms with Gasteiger partial charge < -0.3 is 26.4 Å². The summed E-state index contributed by atoms with van der Waals surface area (Å²) in [5.41, 5.74) is 0.413. The third-order valence-electron chi connectivity index (χ3n) is 4.40. The molecule has 2 heterocycles. The number of hydrogen-bond donors (Lipinski definition) is 5. The maximum absolute atomic E-state index is 12.3. The van der Waals surface area contributed by atoms with Gasteiger partial charge >= 0.3 is 5.97 Å². The van der Waals surface area contributed by atoms with Crippen molar-refractivity contribution in [3.8, 4) is 0 Å². The summed E-state index contributed by atoms with van der Waals surface area (Å²) in [5.74, 6) is -1.38. The van der Waals surface area contributed by atoms with Crippen LogP contribution in [0.4, 0.5) is 5.00 Å². The molecule has 11 heteroatoms. The zero-order valence-corrected chi connectivity index (χ0v) is 18.5. The summed E-state index contributed by atoms with van der Waals surface area (Å²) < 4.78 is 0. The Morgan fingerprint density at radius 3 is 2.65 bits per heavy atom. The number of nitrogens with zero attached hydrogens (tertiary/aromatic N) is 1. The average molecular weight is 452 g/mol. The van der Waals surface area contributed by atoms with E-state index in [4.69, 9.17) is 5.11 Å². The first-order chi connectivity index (χ1) is 14.7. The van der Waals surface area contributed by atoms with Crippen LogP contribution >= 0.6 is 11.3 Å². The van der Waals surface area contributed by atoms with Gasteiger partial charge in [-0.3, -0.25) is 24.2 Å². The number of nitrogens with one attached hydrogen (secondary N) is 4. The van der Waals surface area contributed by atoms with Gasteiger partial charge in [0.1, 0.15) is 11.9 Å². The fourth-order valence-electron chi connectivity index (χ4n) is 2.78. The van der Waals surface area contributed by atoms with E-state index < -0.39 is 29.7 Å². The van der Waals surface area contributed by atoms with Crippen molar-refractivity contribution >= 4 is 45.9 Å². The number of hydrogen-bond acceptors (Lipinski definition) is 7. The minimum atomic E-state index is -1.06. The van der Waals surface area contributed by atoms with Crippen molar-refractivity contribution in [3.05, 3.63) is 17.0 Å². The normalized spacial score (nSPS) is 14.0. The van der Waals surface area contributed by atoms with Crippen LogP contribution in [-0.2, 0) is 14.4 Å². The van der Waals surface area contributed by atoms with E-state index in [-0.39, 0.29) is 25.3 Å². The van der Waals surface area contributed by atoms with Crippen molar-refractivity contribution in [2.45, 2.75) is 45.6 Å². The Labute approximate surface area is 184 Å². The molecule has 3 amide bonds. The summed E-state index contributed by atoms with van der Waals surface area (Å²) in [6.45, 7) is 4.74. The summed E-state index contributed by atoms with van der Waals surface area (Å²) in [5, 5.41) is 22.2. The van der Waals surface area contributed by atoms with Crippen LogP contribution in [0.15, 0.2) is 16.4 Å². The highest BCUT2D eigenvalue weighted by atomic mass is 32.1. The maximum atomic E-state index is 12.3. The molecular weight excluding hydrogens is 422 g/mol. The Kier molecular flexibility index (Phi) is 9.44. The molecule has 0 saturated heterocycles. The van der Waals surface area contributed by atoms with E-state index in [2.05, 4.69) is 26.3 Å². The number of rotatable bonds is 11. The molecule has 1 aliphatic heterocycles. The number of aliphatic imine (C=N–C) groups is 1. The fourth-order valence-corrected chi connectivity index (χ4v) is 3.58. The van der Waals surface area contributed by atoms with Crippen LogP contribution in [0, 0.1) is 5.92 Å². The largest absolute Gasteiger partial charge is 0.481 e. The smallest absolute Gasteiger partial charge is 0.303 e. The number of carbonyl (C=O) groups excluding carboxylic acids is 3. The van der Waals surface area contributed by atoms with Crippen molar-refractivity contribution in [1.29, 1.82) is 0 Å².